The maximum Gasteiger partial charge on any atom is 0.318 e. The van der Waals surface area contributed by atoms with Gasteiger partial charge in [0.2, 0.25) is 0 Å². The highest BCUT2D eigenvalue weighted by atomic mass is 31.2. The Morgan fingerprint density at radius 2 is 2.07 bits per heavy atom. The Labute approximate surface area is 170 Å². The van der Waals surface area contributed by atoms with Gasteiger partial charge in [-0.25, -0.2) is 20.0 Å². The lowest BCUT2D eigenvalue weighted by atomic mass is 10.2. The lowest BCUT2D eigenvalue weighted by Gasteiger charge is -2.22. The third-order valence-electron chi connectivity index (χ3n) is 4.46. The first-order chi connectivity index (χ1) is 14.1. The van der Waals surface area contributed by atoms with E-state index >= 15 is 0 Å². The molecule has 3 N–H and O–H groups in total. The minimum absolute atomic E-state index is 0.0324. The summed E-state index contributed by atoms with van der Waals surface area (Å²) in [5.74, 6) is 1.15. The molecule has 0 radical (unpaired) electrons. The number of hydrogen-bond donors (Lipinski definition) is 2. The van der Waals surface area contributed by atoms with Crippen molar-refractivity contribution < 1.29 is 13.8 Å². The van der Waals surface area contributed by atoms with Crippen molar-refractivity contribution in [3.05, 3.63) is 43.0 Å². The predicted octanol–water partition coefficient (Wildman–Crippen LogP) is 3.41. The van der Waals surface area contributed by atoms with E-state index in [4.69, 9.17) is 19.5 Å². The van der Waals surface area contributed by atoms with Gasteiger partial charge in [0.1, 0.15) is 23.8 Å². The molecule has 0 aliphatic carbocycles. The number of aromatic nitrogens is 4. The molecule has 1 aliphatic heterocycles. The first kappa shape index (κ1) is 20.0. The monoisotopic (exact) mass is 416 g/mol. The second kappa shape index (κ2) is 9.00. The highest BCUT2D eigenvalue weighted by Gasteiger charge is 2.29. The molecule has 2 aromatic heterocycles. The van der Waals surface area contributed by atoms with Crippen LogP contribution in [0.5, 0.6) is 5.75 Å². The van der Waals surface area contributed by atoms with Crippen LogP contribution < -0.4 is 15.3 Å². The topological polar surface area (TPSA) is 109 Å². The molecule has 10 heteroatoms. The van der Waals surface area contributed by atoms with E-state index in [1.165, 1.54) is 6.33 Å². The Kier molecular flexibility index (Phi) is 6.20. The number of hydrogen-bond acceptors (Lipinski definition) is 8. The van der Waals surface area contributed by atoms with Gasteiger partial charge in [-0.2, -0.15) is 0 Å². The summed E-state index contributed by atoms with van der Waals surface area (Å²) in [6, 6.07) is 9.91. The number of para-hydroxylation sites is 1. The zero-order valence-corrected chi connectivity index (χ0v) is 17.3. The molecule has 3 unspecified atom stereocenters. The summed E-state index contributed by atoms with van der Waals surface area (Å²) >= 11 is 0. The zero-order valence-electron chi connectivity index (χ0n) is 16.4. The van der Waals surface area contributed by atoms with Gasteiger partial charge in [-0.15, -0.1) is 0 Å². The molecule has 1 aliphatic rings. The molecule has 0 spiro atoms. The molecule has 3 aromatic rings. The van der Waals surface area contributed by atoms with Crippen LogP contribution in [0, 0.1) is 0 Å². The zero-order chi connectivity index (χ0) is 20.2. The Bertz CT molecular complexity index is 938. The molecule has 154 valence electrons. The van der Waals surface area contributed by atoms with Crippen LogP contribution in [0.4, 0.5) is 5.82 Å². The minimum atomic E-state index is -1.27. The Hall–Kier alpha value is -2.32. The smallest absolute Gasteiger partial charge is 0.318 e. The SMILES string of the molecule is CC(C)NP(OCC1CCC(n2cnc3c(N)ncnc32)O1)Oc1ccccc1. The van der Waals surface area contributed by atoms with Gasteiger partial charge < -0.3 is 19.5 Å². The van der Waals surface area contributed by atoms with E-state index in [1.807, 2.05) is 34.9 Å². The second-order valence-electron chi connectivity index (χ2n) is 7.11. The molecule has 0 saturated carbocycles. The summed E-state index contributed by atoms with van der Waals surface area (Å²) in [7, 11) is -1.27. The van der Waals surface area contributed by atoms with Crippen molar-refractivity contribution in [3.8, 4) is 5.75 Å². The average Bonchev–Trinajstić information content (AvgIpc) is 3.34. The van der Waals surface area contributed by atoms with Gasteiger partial charge in [0, 0.05) is 6.04 Å². The Morgan fingerprint density at radius 3 is 2.86 bits per heavy atom. The minimum Gasteiger partial charge on any atom is -0.436 e. The van der Waals surface area contributed by atoms with Crippen molar-refractivity contribution in [2.45, 2.75) is 45.1 Å². The standard InChI is InChI=1S/C19H25N6O3P/c1-13(2)24-29(28-14-6-4-3-5-7-14)26-10-15-8-9-16(27-15)25-12-23-17-18(20)21-11-22-19(17)25/h3-7,11-13,15-16,24H,8-10H2,1-2H3,(H2,20,21,22). The van der Waals surface area contributed by atoms with Crippen molar-refractivity contribution in [2.24, 2.45) is 0 Å². The van der Waals surface area contributed by atoms with Crippen LogP contribution in [0.15, 0.2) is 43.0 Å². The molecule has 29 heavy (non-hydrogen) atoms. The number of nitrogens with two attached hydrogens (primary N) is 1. The normalized spacial score (nSPS) is 20.4. The fourth-order valence-electron chi connectivity index (χ4n) is 3.12. The van der Waals surface area contributed by atoms with E-state index in [2.05, 4.69) is 33.9 Å². The van der Waals surface area contributed by atoms with Crippen LogP contribution in [0.1, 0.15) is 32.9 Å². The number of benzene rings is 1. The quantitative estimate of drug-likeness (QED) is 0.538. The van der Waals surface area contributed by atoms with Crippen LogP contribution in [0.2, 0.25) is 0 Å². The summed E-state index contributed by atoms with van der Waals surface area (Å²) in [6.45, 7) is 4.57. The van der Waals surface area contributed by atoms with Crippen molar-refractivity contribution in [1.29, 1.82) is 0 Å². The fraction of sp³-hybridized carbons (Fsp3) is 0.421. The first-order valence-corrected chi connectivity index (χ1v) is 10.8. The van der Waals surface area contributed by atoms with Gasteiger partial charge in [0.25, 0.3) is 0 Å². The Morgan fingerprint density at radius 1 is 1.24 bits per heavy atom. The molecule has 4 rings (SSSR count). The molecule has 1 fully saturated rings. The van der Waals surface area contributed by atoms with Gasteiger partial charge in [0.15, 0.2) is 11.5 Å². The van der Waals surface area contributed by atoms with E-state index in [0.29, 0.717) is 23.6 Å². The molecule has 9 nitrogen and oxygen atoms in total. The van der Waals surface area contributed by atoms with Crippen molar-refractivity contribution >= 4 is 25.5 Å². The number of nitrogens with zero attached hydrogens (tertiary/aromatic N) is 4. The number of anilines is 1. The largest absolute Gasteiger partial charge is 0.436 e. The van der Waals surface area contributed by atoms with Gasteiger partial charge in [-0.3, -0.25) is 4.57 Å². The van der Waals surface area contributed by atoms with Gasteiger partial charge in [-0.05, 0) is 38.8 Å². The number of nitrogens with one attached hydrogen (secondary N) is 1. The van der Waals surface area contributed by atoms with E-state index in [9.17, 15) is 0 Å². The summed E-state index contributed by atoms with van der Waals surface area (Å²) in [5, 5.41) is 3.34. The third-order valence-corrected chi connectivity index (χ3v) is 5.94. The maximum atomic E-state index is 6.18. The summed E-state index contributed by atoms with van der Waals surface area (Å²) < 4.78 is 20.1. The number of fused-ring (bicyclic) bond motifs is 1. The highest BCUT2D eigenvalue weighted by Crippen LogP contribution is 2.38. The molecule has 3 atom stereocenters. The van der Waals surface area contributed by atoms with E-state index in [0.717, 1.165) is 18.6 Å². The van der Waals surface area contributed by atoms with E-state index < -0.39 is 8.53 Å². The van der Waals surface area contributed by atoms with Gasteiger partial charge >= 0.3 is 8.53 Å². The van der Waals surface area contributed by atoms with Gasteiger partial charge in [0.05, 0.1) is 19.0 Å². The maximum absolute atomic E-state index is 6.18. The lowest BCUT2D eigenvalue weighted by molar-refractivity contribution is -0.0157. The summed E-state index contributed by atoms with van der Waals surface area (Å²) in [4.78, 5) is 12.6. The molecule has 0 bridgehead atoms. The summed E-state index contributed by atoms with van der Waals surface area (Å²) in [6.07, 6.45) is 4.68. The van der Waals surface area contributed by atoms with E-state index in [-0.39, 0.29) is 18.4 Å². The highest BCUT2D eigenvalue weighted by molar-refractivity contribution is 7.45. The molecular weight excluding hydrogens is 391 g/mol. The first-order valence-electron chi connectivity index (χ1n) is 9.61. The van der Waals surface area contributed by atoms with Crippen molar-refractivity contribution in [3.63, 3.8) is 0 Å². The Balaban J connectivity index is 1.36. The average molecular weight is 416 g/mol. The second-order valence-corrected chi connectivity index (χ2v) is 8.33. The molecule has 1 saturated heterocycles. The number of rotatable bonds is 8. The number of ether oxygens (including phenoxy) is 1. The number of nitrogen functional groups attached to an aromatic ring is 1. The summed E-state index contributed by atoms with van der Waals surface area (Å²) in [5.41, 5.74) is 7.15. The lowest BCUT2D eigenvalue weighted by Crippen LogP contribution is -2.23. The molecule has 1 aromatic carbocycles. The van der Waals surface area contributed by atoms with Crippen LogP contribution >= 0.6 is 8.53 Å². The van der Waals surface area contributed by atoms with Crippen molar-refractivity contribution in [1.82, 2.24) is 24.6 Å². The van der Waals surface area contributed by atoms with Crippen molar-refractivity contribution in [2.75, 3.05) is 12.3 Å². The van der Waals surface area contributed by atoms with Crippen LogP contribution in [-0.4, -0.2) is 38.3 Å². The predicted molar refractivity (Wildman–Crippen MR) is 111 cm³/mol. The fourth-order valence-corrected chi connectivity index (χ4v) is 4.34. The third kappa shape index (κ3) is 4.82. The molecule has 3 heterocycles. The van der Waals surface area contributed by atoms with Gasteiger partial charge in [-0.1, -0.05) is 18.2 Å². The van der Waals surface area contributed by atoms with Crippen LogP contribution in [-0.2, 0) is 9.26 Å². The molecular formula is C19H25N6O3P. The van der Waals surface area contributed by atoms with E-state index in [1.54, 1.807) is 6.33 Å². The van der Waals surface area contributed by atoms with Crippen LogP contribution in [0.3, 0.4) is 0 Å². The number of imidazole rings is 1. The molecule has 0 amide bonds. The van der Waals surface area contributed by atoms with Crippen LogP contribution in [0.25, 0.3) is 11.2 Å².